The summed E-state index contributed by atoms with van der Waals surface area (Å²) in [4.78, 5) is 3.04. The van der Waals surface area contributed by atoms with Gasteiger partial charge in [0, 0.05) is 17.8 Å². The summed E-state index contributed by atoms with van der Waals surface area (Å²) < 4.78 is 25.0. The monoisotopic (exact) mass is 318 g/mol. The molecule has 0 saturated heterocycles. The molecule has 0 unspecified atom stereocenters. The molecule has 1 heterocycles. The van der Waals surface area contributed by atoms with Crippen molar-refractivity contribution in [1.82, 2.24) is 9.55 Å². The lowest BCUT2D eigenvalue weighted by Gasteiger charge is -2.23. The van der Waals surface area contributed by atoms with Gasteiger partial charge in [0.2, 0.25) is 0 Å². The number of nitrogens with one attached hydrogen (secondary N) is 1. The highest BCUT2D eigenvalue weighted by molar-refractivity contribution is 7.92. The maximum Gasteiger partial charge on any atom is 0.178 e. The predicted octanol–water partition coefficient (Wildman–Crippen LogP) is 3.18. The van der Waals surface area contributed by atoms with E-state index < -0.39 is 14.6 Å². The van der Waals surface area contributed by atoms with Crippen LogP contribution in [0.25, 0.3) is 11.0 Å². The second kappa shape index (κ2) is 4.61. The average molecular weight is 319 g/mol. The van der Waals surface area contributed by atoms with Crippen molar-refractivity contribution in [2.75, 3.05) is 6.26 Å². The summed E-state index contributed by atoms with van der Waals surface area (Å²) in [6.45, 7) is 3.68. The minimum absolute atomic E-state index is 0.298. The second-order valence-electron chi connectivity index (χ2n) is 5.21. The SMILES string of the molecule is CC(C)(Cn1c(=S)[nH]c2cc(Cl)ccc21)S(C)(=O)=O. The number of nitrogens with zero attached hydrogens (tertiary/aromatic N) is 1. The fraction of sp³-hybridized carbons (Fsp3) is 0.417. The van der Waals surface area contributed by atoms with Crippen molar-refractivity contribution >= 4 is 44.7 Å². The fourth-order valence-electron chi connectivity index (χ4n) is 1.79. The van der Waals surface area contributed by atoms with E-state index in [1.165, 1.54) is 6.26 Å². The molecule has 0 aliphatic carbocycles. The molecule has 0 saturated carbocycles. The molecule has 2 rings (SSSR count). The Balaban J connectivity index is 2.59. The normalized spacial score (nSPS) is 13.1. The molecule has 19 heavy (non-hydrogen) atoms. The van der Waals surface area contributed by atoms with E-state index in [0.717, 1.165) is 11.0 Å². The molecule has 0 radical (unpaired) electrons. The van der Waals surface area contributed by atoms with Gasteiger partial charge in [0.15, 0.2) is 14.6 Å². The zero-order chi connectivity index (χ0) is 14.4. The van der Waals surface area contributed by atoms with Gasteiger partial charge in [-0.05, 0) is 44.3 Å². The van der Waals surface area contributed by atoms with Crippen molar-refractivity contribution < 1.29 is 8.42 Å². The summed E-state index contributed by atoms with van der Waals surface area (Å²) in [5.41, 5.74) is 1.66. The molecule has 2 aromatic rings. The molecule has 1 aromatic carbocycles. The van der Waals surface area contributed by atoms with Crippen LogP contribution in [-0.2, 0) is 16.4 Å². The molecule has 0 aliphatic rings. The van der Waals surface area contributed by atoms with Crippen LogP contribution in [0.5, 0.6) is 0 Å². The Labute approximate surface area is 122 Å². The molecule has 104 valence electrons. The van der Waals surface area contributed by atoms with Gasteiger partial charge in [-0.25, -0.2) is 8.42 Å². The summed E-state index contributed by atoms with van der Waals surface area (Å²) in [6, 6.07) is 5.37. The topological polar surface area (TPSA) is 54.9 Å². The lowest BCUT2D eigenvalue weighted by Crippen LogP contribution is -2.35. The van der Waals surface area contributed by atoms with Crippen molar-refractivity contribution in [3.63, 3.8) is 0 Å². The van der Waals surface area contributed by atoms with Crippen LogP contribution in [0.2, 0.25) is 5.02 Å². The Bertz CT molecular complexity index is 788. The first-order chi connectivity index (χ1) is 8.62. The Morgan fingerprint density at radius 1 is 1.42 bits per heavy atom. The van der Waals surface area contributed by atoms with Gasteiger partial charge in [-0.3, -0.25) is 0 Å². The summed E-state index contributed by atoms with van der Waals surface area (Å²) >= 11 is 11.2. The van der Waals surface area contributed by atoms with Gasteiger partial charge < -0.3 is 9.55 Å². The number of aromatic amines is 1. The zero-order valence-corrected chi connectivity index (χ0v) is 13.3. The minimum atomic E-state index is -3.18. The van der Waals surface area contributed by atoms with Crippen LogP contribution in [-0.4, -0.2) is 29.0 Å². The number of halogens is 1. The Kier molecular flexibility index (Phi) is 3.53. The molecular formula is C12H15ClN2O2S2. The second-order valence-corrected chi connectivity index (χ2v) is 8.68. The number of fused-ring (bicyclic) bond motifs is 1. The van der Waals surface area contributed by atoms with Crippen LogP contribution in [0.3, 0.4) is 0 Å². The van der Waals surface area contributed by atoms with Gasteiger partial charge in [0.05, 0.1) is 15.8 Å². The van der Waals surface area contributed by atoms with E-state index in [2.05, 4.69) is 4.98 Å². The van der Waals surface area contributed by atoms with E-state index in [0.29, 0.717) is 16.3 Å². The third kappa shape index (κ3) is 2.70. The number of hydrogen-bond donors (Lipinski definition) is 1. The molecule has 0 fully saturated rings. The maximum absolute atomic E-state index is 11.8. The highest BCUT2D eigenvalue weighted by Gasteiger charge is 2.31. The van der Waals surface area contributed by atoms with Gasteiger partial charge in [0.1, 0.15) is 0 Å². The molecule has 1 aromatic heterocycles. The molecular weight excluding hydrogens is 304 g/mol. The molecule has 7 heteroatoms. The van der Waals surface area contributed by atoms with E-state index in [9.17, 15) is 8.42 Å². The van der Waals surface area contributed by atoms with Crippen LogP contribution in [0, 0.1) is 4.77 Å². The number of benzene rings is 1. The molecule has 0 spiro atoms. The predicted molar refractivity (Wildman–Crippen MR) is 81.1 cm³/mol. The summed E-state index contributed by atoms with van der Waals surface area (Å²) in [6.07, 6.45) is 1.24. The average Bonchev–Trinajstić information content (AvgIpc) is 2.52. The molecule has 1 N–H and O–H groups in total. The number of H-pyrrole nitrogens is 1. The number of aromatic nitrogens is 2. The summed E-state index contributed by atoms with van der Waals surface area (Å²) in [5, 5.41) is 0.610. The zero-order valence-electron chi connectivity index (χ0n) is 10.9. The molecule has 4 nitrogen and oxygen atoms in total. The first kappa shape index (κ1) is 14.6. The van der Waals surface area contributed by atoms with Crippen LogP contribution in [0.15, 0.2) is 18.2 Å². The van der Waals surface area contributed by atoms with Gasteiger partial charge >= 0.3 is 0 Å². The molecule has 0 atom stereocenters. The fourth-order valence-corrected chi connectivity index (χ4v) is 2.60. The number of rotatable bonds is 3. The van der Waals surface area contributed by atoms with E-state index in [-0.39, 0.29) is 0 Å². The van der Waals surface area contributed by atoms with E-state index in [1.54, 1.807) is 30.5 Å². The van der Waals surface area contributed by atoms with Gasteiger partial charge in [-0.1, -0.05) is 11.6 Å². The van der Waals surface area contributed by atoms with Gasteiger partial charge in [-0.15, -0.1) is 0 Å². The minimum Gasteiger partial charge on any atom is -0.331 e. The molecule has 0 aliphatic heterocycles. The van der Waals surface area contributed by atoms with Crippen molar-refractivity contribution in [1.29, 1.82) is 0 Å². The smallest absolute Gasteiger partial charge is 0.178 e. The Morgan fingerprint density at radius 2 is 2.05 bits per heavy atom. The third-order valence-electron chi connectivity index (χ3n) is 3.28. The van der Waals surface area contributed by atoms with E-state index in [1.807, 2.05) is 6.07 Å². The standard InChI is InChI=1S/C12H15ClN2O2S2/c1-12(2,19(3,16)17)7-15-10-5-4-8(13)6-9(10)14-11(15)18/h4-6H,7H2,1-3H3,(H,14,18). The first-order valence-electron chi connectivity index (χ1n) is 5.69. The lowest BCUT2D eigenvalue weighted by molar-refractivity contribution is 0.506. The number of sulfone groups is 1. The van der Waals surface area contributed by atoms with Crippen molar-refractivity contribution in [2.45, 2.75) is 25.1 Å². The van der Waals surface area contributed by atoms with Crippen molar-refractivity contribution in [2.24, 2.45) is 0 Å². The highest BCUT2D eigenvalue weighted by Crippen LogP contribution is 2.24. The van der Waals surface area contributed by atoms with Gasteiger partial charge in [-0.2, -0.15) is 0 Å². The van der Waals surface area contributed by atoms with Crippen molar-refractivity contribution in [3.05, 3.63) is 28.0 Å². The maximum atomic E-state index is 11.8. The van der Waals surface area contributed by atoms with E-state index in [4.69, 9.17) is 23.8 Å². The van der Waals surface area contributed by atoms with Crippen LogP contribution < -0.4 is 0 Å². The quantitative estimate of drug-likeness (QED) is 0.884. The largest absolute Gasteiger partial charge is 0.331 e. The first-order valence-corrected chi connectivity index (χ1v) is 8.37. The Morgan fingerprint density at radius 3 is 2.63 bits per heavy atom. The third-order valence-corrected chi connectivity index (χ3v) is 5.97. The molecule has 0 bridgehead atoms. The summed E-state index contributed by atoms with van der Waals surface area (Å²) in [7, 11) is -3.18. The number of imidazole rings is 1. The van der Waals surface area contributed by atoms with Crippen LogP contribution in [0.4, 0.5) is 0 Å². The van der Waals surface area contributed by atoms with Crippen LogP contribution >= 0.6 is 23.8 Å². The van der Waals surface area contributed by atoms with Crippen LogP contribution in [0.1, 0.15) is 13.8 Å². The highest BCUT2D eigenvalue weighted by atomic mass is 35.5. The van der Waals surface area contributed by atoms with E-state index >= 15 is 0 Å². The summed E-state index contributed by atoms with van der Waals surface area (Å²) in [5.74, 6) is 0. The molecule has 0 amide bonds. The Hall–Kier alpha value is -0.850. The van der Waals surface area contributed by atoms with Gasteiger partial charge in [0.25, 0.3) is 0 Å². The number of hydrogen-bond acceptors (Lipinski definition) is 3. The lowest BCUT2D eigenvalue weighted by atomic mass is 10.2. The van der Waals surface area contributed by atoms with Crippen molar-refractivity contribution in [3.8, 4) is 0 Å².